The lowest BCUT2D eigenvalue weighted by Gasteiger charge is -2.36. The van der Waals surface area contributed by atoms with Gasteiger partial charge in [0.05, 0.1) is 0 Å². The molecule has 0 unspecified atom stereocenters. The predicted octanol–water partition coefficient (Wildman–Crippen LogP) is 7.77. The average molecular weight is 676 g/mol. The van der Waals surface area contributed by atoms with Crippen LogP contribution in [0, 0.1) is 0 Å². The summed E-state index contributed by atoms with van der Waals surface area (Å²) in [4.78, 5) is 11.9. The van der Waals surface area contributed by atoms with Gasteiger partial charge in [-0.1, -0.05) is 15.9 Å². The number of hydrogen-bond acceptors (Lipinski definition) is 1. The van der Waals surface area contributed by atoms with Crippen LogP contribution >= 0.6 is 38.5 Å². The Labute approximate surface area is 202 Å². The summed E-state index contributed by atoms with van der Waals surface area (Å²) in [6.45, 7) is 0.0290. The SMILES string of the molecule is O=C(NCCCCC(I)=CC(F)(F)C(F)(F)C(F)(F)C(F)(F)C(F)(F)F)c1ccc(Br)cc1. The van der Waals surface area contributed by atoms with Crippen LogP contribution < -0.4 is 5.32 Å². The molecule has 1 aromatic rings. The standard InChI is InChI=1S/C18H14BrF11INO/c19-11-6-4-10(5-7-11)13(33)32-8-2-1-3-12(31)9-14(20,21)15(22,23)16(24,25)17(26,27)18(28,29)30/h4-7,9H,1-3,8H2,(H,32,33). The Morgan fingerprint density at radius 3 is 1.85 bits per heavy atom. The number of nitrogens with one attached hydrogen (secondary N) is 1. The Hall–Kier alpha value is -1.13. The first-order valence-electron chi connectivity index (χ1n) is 8.77. The van der Waals surface area contributed by atoms with Crippen molar-refractivity contribution in [3.63, 3.8) is 0 Å². The molecule has 2 nitrogen and oxygen atoms in total. The van der Waals surface area contributed by atoms with E-state index in [0.29, 0.717) is 5.56 Å². The maximum atomic E-state index is 13.7. The maximum absolute atomic E-state index is 13.7. The molecule has 0 heterocycles. The van der Waals surface area contributed by atoms with E-state index in [4.69, 9.17) is 0 Å². The number of rotatable bonds is 10. The molecule has 1 amide bonds. The first-order chi connectivity index (χ1) is 14.8. The van der Waals surface area contributed by atoms with Gasteiger partial charge in [-0.05, 0) is 69.7 Å². The number of carbonyl (C=O) groups excluding carboxylic acids is 1. The second-order valence-corrected chi connectivity index (χ2v) is 8.96. The van der Waals surface area contributed by atoms with Crippen molar-refractivity contribution in [3.05, 3.63) is 44.0 Å². The van der Waals surface area contributed by atoms with Gasteiger partial charge in [0.2, 0.25) is 0 Å². The highest BCUT2D eigenvalue weighted by Crippen LogP contribution is 2.57. The monoisotopic (exact) mass is 675 g/mol. The molecule has 0 radical (unpaired) electrons. The highest BCUT2D eigenvalue weighted by atomic mass is 127. The molecule has 188 valence electrons. The molecule has 0 spiro atoms. The fourth-order valence-electron chi connectivity index (χ4n) is 2.27. The number of hydrogen-bond donors (Lipinski definition) is 1. The smallest absolute Gasteiger partial charge is 0.352 e. The normalized spacial score (nSPS) is 14.4. The molecule has 0 saturated carbocycles. The lowest BCUT2D eigenvalue weighted by atomic mass is 9.97. The minimum atomic E-state index is -7.42. The summed E-state index contributed by atoms with van der Waals surface area (Å²) in [5.74, 6) is -28.4. The predicted molar refractivity (Wildman–Crippen MR) is 108 cm³/mol. The summed E-state index contributed by atoms with van der Waals surface area (Å²) < 4.78 is 143. The highest BCUT2D eigenvalue weighted by molar-refractivity contribution is 14.1. The second-order valence-electron chi connectivity index (χ2n) is 6.66. The van der Waals surface area contributed by atoms with Gasteiger partial charge in [-0.25, -0.2) is 0 Å². The minimum Gasteiger partial charge on any atom is -0.352 e. The van der Waals surface area contributed by atoms with E-state index in [9.17, 15) is 53.1 Å². The van der Waals surface area contributed by atoms with Gasteiger partial charge in [-0.3, -0.25) is 4.79 Å². The Balaban J connectivity index is 2.73. The number of amides is 1. The third-order valence-corrected chi connectivity index (χ3v) is 5.52. The quantitative estimate of drug-likeness (QED) is 0.153. The summed E-state index contributed by atoms with van der Waals surface area (Å²) in [7, 11) is 0. The summed E-state index contributed by atoms with van der Waals surface area (Å²) in [6, 6.07) is 6.22. The summed E-state index contributed by atoms with van der Waals surface area (Å²) in [5, 5.41) is 2.48. The number of alkyl halides is 11. The molecule has 0 atom stereocenters. The molecule has 1 rings (SSSR count). The molecule has 33 heavy (non-hydrogen) atoms. The Bertz CT molecular complexity index is 854. The third-order valence-electron chi connectivity index (χ3n) is 4.14. The second kappa shape index (κ2) is 10.6. The van der Waals surface area contributed by atoms with Crippen LogP contribution in [0.25, 0.3) is 0 Å². The molecule has 0 bridgehead atoms. The lowest BCUT2D eigenvalue weighted by Crippen LogP contribution is -2.66. The highest BCUT2D eigenvalue weighted by Gasteiger charge is 2.86. The molecular formula is C18H14BrF11INO. The van der Waals surface area contributed by atoms with Gasteiger partial charge < -0.3 is 5.32 Å². The molecule has 1 aromatic carbocycles. The van der Waals surface area contributed by atoms with E-state index in [0.717, 1.165) is 27.1 Å². The molecule has 0 saturated heterocycles. The molecule has 0 aliphatic heterocycles. The average Bonchev–Trinajstić information content (AvgIpc) is 2.66. The fraction of sp³-hybridized carbons (Fsp3) is 0.500. The van der Waals surface area contributed by atoms with Crippen molar-refractivity contribution in [2.24, 2.45) is 0 Å². The number of benzene rings is 1. The summed E-state index contributed by atoms with van der Waals surface area (Å²) >= 11 is 4.23. The third kappa shape index (κ3) is 6.72. The van der Waals surface area contributed by atoms with Crippen LogP contribution in [0.4, 0.5) is 48.3 Å². The fourth-order valence-corrected chi connectivity index (χ4v) is 3.30. The summed E-state index contributed by atoms with van der Waals surface area (Å²) in [5.41, 5.74) is 0.311. The number of allylic oxidation sites excluding steroid dienone is 2. The van der Waals surface area contributed by atoms with Gasteiger partial charge >= 0.3 is 29.9 Å². The van der Waals surface area contributed by atoms with Crippen molar-refractivity contribution >= 4 is 44.4 Å². The van der Waals surface area contributed by atoms with Gasteiger partial charge in [-0.15, -0.1) is 0 Å². The Morgan fingerprint density at radius 2 is 1.36 bits per heavy atom. The van der Waals surface area contributed by atoms with E-state index in [1.807, 2.05) is 0 Å². The van der Waals surface area contributed by atoms with Crippen molar-refractivity contribution < 1.29 is 53.1 Å². The molecular weight excluding hydrogens is 662 g/mol. The number of unbranched alkanes of at least 4 members (excludes halogenated alkanes) is 1. The zero-order chi connectivity index (χ0) is 25.9. The first-order valence-corrected chi connectivity index (χ1v) is 10.6. The minimum absolute atomic E-state index is 0.0217. The largest absolute Gasteiger partial charge is 0.460 e. The van der Waals surface area contributed by atoms with Crippen LogP contribution in [0.2, 0.25) is 0 Å². The molecule has 0 aromatic heterocycles. The van der Waals surface area contributed by atoms with Crippen molar-refractivity contribution in [3.8, 4) is 0 Å². The zero-order valence-electron chi connectivity index (χ0n) is 16.0. The van der Waals surface area contributed by atoms with E-state index >= 15 is 0 Å². The van der Waals surface area contributed by atoms with Crippen molar-refractivity contribution in [2.45, 2.75) is 49.1 Å². The van der Waals surface area contributed by atoms with Gasteiger partial charge in [0.1, 0.15) is 0 Å². The van der Waals surface area contributed by atoms with Crippen LogP contribution in [0.1, 0.15) is 29.6 Å². The molecule has 0 aliphatic rings. The summed E-state index contributed by atoms with van der Waals surface area (Å²) in [6.07, 6.45) is -8.26. The van der Waals surface area contributed by atoms with Gasteiger partial charge in [0, 0.05) is 22.7 Å². The van der Waals surface area contributed by atoms with E-state index < -0.39 is 51.9 Å². The first kappa shape index (κ1) is 29.9. The van der Waals surface area contributed by atoms with E-state index in [1.165, 1.54) is 12.1 Å². The van der Waals surface area contributed by atoms with Crippen LogP contribution in [0.3, 0.4) is 0 Å². The van der Waals surface area contributed by atoms with Crippen molar-refractivity contribution in [1.29, 1.82) is 0 Å². The lowest BCUT2D eigenvalue weighted by molar-refractivity contribution is -0.416. The molecule has 15 heteroatoms. The van der Waals surface area contributed by atoms with Crippen LogP contribution in [0.15, 0.2) is 38.4 Å². The van der Waals surface area contributed by atoms with E-state index in [2.05, 4.69) is 21.2 Å². The Morgan fingerprint density at radius 1 is 0.848 bits per heavy atom. The Kier molecular flexibility index (Phi) is 9.64. The molecule has 0 fully saturated rings. The van der Waals surface area contributed by atoms with E-state index in [1.54, 1.807) is 12.1 Å². The number of carbonyl (C=O) groups is 1. The maximum Gasteiger partial charge on any atom is 0.460 e. The molecule has 1 N–H and O–H groups in total. The van der Waals surface area contributed by atoms with Crippen molar-refractivity contribution in [1.82, 2.24) is 5.32 Å². The van der Waals surface area contributed by atoms with E-state index in [-0.39, 0.29) is 19.4 Å². The van der Waals surface area contributed by atoms with Gasteiger partial charge in [0.15, 0.2) is 0 Å². The molecule has 0 aliphatic carbocycles. The van der Waals surface area contributed by atoms with Crippen LogP contribution in [-0.4, -0.2) is 42.3 Å². The number of halogens is 13. The van der Waals surface area contributed by atoms with Gasteiger partial charge in [0.25, 0.3) is 5.91 Å². The van der Waals surface area contributed by atoms with Crippen LogP contribution in [-0.2, 0) is 0 Å². The zero-order valence-corrected chi connectivity index (χ0v) is 19.8. The van der Waals surface area contributed by atoms with Crippen molar-refractivity contribution in [2.75, 3.05) is 6.54 Å². The topological polar surface area (TPSA) is 29.1 Å². The van der Waals surface area contributed by atoms with Gasteiger partial charge in [-0.2, -0.15) is 48.3 Å². The van der Waals surface area contributed by atoms with Crippen LogP contribution in [0.5, 0.6) is 0 Å².